The average Bonchev–Trinajstić information content (AvgIpc) is 2.56. The summed E-state index contributed by atoms with van der Waals surface area (Å²) in [5, 5.41) is 20.6. The highest BCUT2D eigenvalue weighted by Gasteiger charge is 2.16. The predicted octanol–water partition coefficient (Wildman–Crippen LogP) is 3.80. The molecule has 2 rings (SSSR count). The Hall–Kier alpha value is -2.99. The Kier molecular flexibility index (Phi) is 5.11. The molecule has 0 unspecified atom stereocenters. The molecule has 2 aromatic carbocycles. The summed E-state index contributed by atoms with van der Waals surface area (Å²) in [7, 11) is -3.83. The number of phenolic OH excluding ortho intramolecular Hbond substituents is 2. The molecule has 0 aliphatic heterocycles. The third-order valence-electron chi connectivity index (χ3n) is 3.26. The highest BCUT2D eigenvalue weighted by Crippen LogP contribution is 2.38. The SMILES string of the molecule is C=Cc1c(NS(=O)(=O)/C=C/c2ccccc2)cc(O)c(O)c1C=C. The maximum atomic E-state index is 12.2. The van der Waals surface area contributed by atoms with Crippen molar-refractivity contribution in [3.05, 3.63) is 71.7 Å². The molecule has 0 heterocycles. The lowest BCUT2D eigenvalue weighted by Crippen LogP contribution is -2.10. The van der Waals surface area contributed by atoms with Crippen molar-refractivity contribution < 1.29 is 18.6 Å². The Morgan fingerprint density at radius 1 is 1.00 bits per heavy atom. The van der Waals surface area contributed by atoms with Gasteiger partial charge in [0.15, 0.2) is 11.5 Å². The lowest BCUT2D eigenvalue weighted by molar-refractivity contribution is 0.403. The summed E-state index contributed by atoms with van der Waals surface area (Å²) in [4.78, 5) is 0. The fourth-order valence-corrected chi connectivity index (χ4v) is 3.00. The van der Waals surface area contributed by atoms with E-state index in [0.717, 1.165) is 17.0 Å². The van der Waals surface area contributed by atoms with Crippen LogP contribution >= 0.6 is 0 Å². The molecule has 5 nitrogen and oxygen atoms in total. The predicted molar refractivity (Wildman–Crippen MR) is 98.0 cm³/mol. The van der Waals surface area contributed by atoms with E-state index < -0.39 is 15.8 Å². The molecule has 124 valence electrons. The minimum absolute atomic E-state index is 0.0907. The number of nitrogens with one attached hydrogen (secondary N) is 1. The number of hydrogen-bond donors (Lipinski definition) is 3. The number of rotatable bonds is 6. The Labute approximate surface area is 141 Å². The summed E-state index contributed by atoms with van der Waals surface area (Å²) >= 11 is 0. The summed E-state index contributed by atoms with van der Waals surface area (Å²) in [6, 6.07) is 10.1. The standard InChI is InChI=1S/C18H17NO4S/c1-3-14-15(4-2)18(21)17(20)12-16(14)19-24(22,23)11-10-13-8-6-5-7-9-13/h3-12,19-21H,1-2H2/b11-10+. The molecule has 0 amide bonds. The molecule has 0 radical (unpaired) electrons. The first-order valence-electron chi connectivity index (χ1n) is 6.97. The fraction of sp³-hybridized carbons (Fsp3) is 0. The zero-order valence-electron chi connectivity index (χ0n) is 12.8. The van der Waals surface area contributed by atoms with E-state index >= 15 is 0 Å². The van der Waals surface area contributed by atoms with Gasteiger partial charge in [0, 0.05) is 17.2 Å². The zero-order chi connectivity index (χ0) is 17.7. The highest BCUT2D eigenvalue weighted by atomic mass is 32.2. The number of phenols is 2. The lowest BCUT2D eigenvalue weighted by atomic mass is 10.0. The lowest BCUT2D eigenvalue weighted by Gasteiger charge is -2.13. The monoisotopic (exact) mass is 343 g/mol. The Morgan fingerprint density at radius 2 is 1.62 bits per heavy atom. The maximum Gasteiger partial charge on any atom is 0.255 e. The van der Waals surface area contributed by atoms with E-state index in [1.54, 1.807) is 24.3 Å². The molecule has 0 bridgehead atoms. The Morgan fingerprint density at radius 3 is 2.21 bits per heavy atom. The number of hydrogen-bond acceptors (Lipinski definition) is 4. The minimum Gasteiger partial charge on any atom is -0.504 e. The van der Waals surface area contributed by atoms with Gasteiger partial charge in [0.05, 0.1) is 11.1 Å². The van der Waals surface area contributed by atoms with Crippen LogP contribution in [0.2, 0.25) is 0 Å². The van der Waals surface area contributed by atoms with E-state index in [1.165, 1.54) is 18.2 Å². The van der Waals surface area contributed by atoms with Gasteiger partial charge >= 0.3 is 0 Å². The highest BCUT2D eigenvalue weighted by molar-refractivity contribution is 7.95. The first-order chi connectivity index (χ1) is 11.4. The molecule has 2 aromatic rings. The number of benzene rings is 2. The van der Waals surface area contributed by atoms with Gasteiger partial charge in [0.2, 0.25) is 0 Å². The topological polar surface area (TPSA) is 86.6 Å². The van der Waals surface area contributed by atoms with E-state index in [4.69, 9.17) is 0 Å². The zero-order valence-corrected chi connectivity index (χ0v) is 13.6. The van der Waals surface area contributed by atoms with Crippen molar-refractivity contribution in [2.75, 3.05) is 4.72 Å². The quantitative estimate of drug-likeness (QED) is 0.550. The molecule has 0 atom stereocenters. The molecular weight excluding hydrogens is 326 g/mol. The van der Waals surface area contributed by atoms with Gasteiger partial charge in [-0.1, -0.05) is 55.6 Å². The van der Waals surface area contributed by atoms with Crippen LogP contribution in [0, 0.1) is 0 Å². The molecule has 0 fully saturated rings. The van der Waals surface area contributed by atoms with Crippen molar-refractivity contribution in [2.45, 2.75) is 0 Å². The minimum atomic E-state index is -3.83. The fourth-order valence-electron chi connectivity index (χ4n) is 2.12. The summed E-state index contributed by atoms with van der Waals surface area (Å²) < 4.78 is 26.8. The summed E-state index contributed by atoms with van der Waals surface area (Å²) in [5.41, 5.74) is 1.33. The van der Waals surface area contributed by atoms with Crippen molar-refractivity contribution in [1.29, 1.82) is 0 Å². The van der Waals surface area contributed by atoms with Crippen molar-refractivity contribution in [3.63, 3.8) is 0 Å². The van der Waals surface area contributed by atoms with Gasteiger partial charge in [-0.05, 0) is 11.6 Å². The average molecular weight is 343 g/mol. The van der Waals surface area contributed by atoms with Gasteiger partial charge < -0.3 is 10.2 Å². The van der Waals surface area contributed by atoms with Gasteiger partial charge in [-0.2, -0.15) is 0 Å². The van der Waals surface area contributed by atoms with E-state index in [0.29, 0.717) is 5.56 Å². The molecule has 6 heteroatoms. The molecule has 0 aliphatic carbocycles. The van der Waals surface area contributed by atoms with Gasteiger partial charge in [0.1, 0.15) is 0 Å². The van der Waals surface area contributed by atoms with Crippen LogP contribution in [0.5, 0.6) is 11.5 Å². The van der Waals surface area contributed by atoms with Gasteiger partial charge in [-0.3, -0.25) is 4.72 Å². The first kappa shape index (κ1) is 17.4. The largest absolute Gasteiger partial charge is 0.504 e. The number of sulfonamides is 1. The molecule has 0 saturated carbocycles. The smallest absolute Gasteiger partial charge is 0.255 e. The van der Waals surface area contributed by atoms with E-state index in [2.05, 4.69) is 17.9 Å². The molecule has 3 N–H and O–H groups in total. The molecule has 0 aliphatic rings. The van der Waals surface area contributed by atoms with Crippen LogP contribution < -0.4 is 4.72 Å². The van der Waals surface area contributed by atoms with Gasteiger partial charge in [-0.25, -0.2) is 8.42 Å². The molecule has 0 spiro atoms. The molecule has 0 aromatic heterocycles. The third kappa shape index (κ3) is 3.85. The number of anilines is 1. The summed E-state index contributed by atoms with van der Waals surface area (Å²) in [5.74, 6) is -0.845. The Bertz CT molecular complexity index is 900. The van der Waals surface area contributed by atoms with Crippen molar-refractivity contribution in [3.8, 4) is 11.5 Å². The van der Waals surface area contributed by atoms with E-state index in [1.807, 2.05) is 6.07 Å². The van der Waals surface area contributed by atoms with E-state index in [-0.39, 0.29) is 17.0 Å². The second-order valence-corrected chi connectivity index (χ2v) is 6.45. The Balaban J connectivity index is 2.40. The normalized spacial score (nSPS) is 11.3. The van der Waals surface area contributed by atoms with Crippen LogP contribution in [-0.4, -0.2) is 18.6 Å². The summed E-state index contributed by atoms with van der Waals surface area (Å²) in [6.07, 6.45) is 4.13. The number of aromatic hydroxyl groups is 2. The summed E-state index contributed by atoms with van der Waals surface area (Å²) in [6.45, 7) is 7.15. The van der Waals surface area contributed by atoms with Crippen LogP contribution in [0.15, 0.2) is 55.0 Å². The van der Waals surface area contributed by atoms with Crippen LogP contribution in [0.25, 0.3) is 18.2 Å². The van der Waals surface area contributed by atoms with Crippen LogP contribution in [0.4, 0.5) is 5.69 Å². The molecule has 0 saturated heterocycles. The van der Waals surface area contributed by atoms with Crippen LogP contribution in [0.3, 0.4) is 0 Å². The van der Waals surface area contributed by atoms with Crippen molar-refractivity contribution in [2.24, 2.45) is 0 Å². The van der Waals surface area contributed by atoms with Crippen LogP contribution in [0.1, 0.15) is 16.7 Å². The van der Waals surface area contributed by atoms with E-state index in [9.17, 15) is 18.6 Å². The maximum absolute atomic E-state index is 12.2. The van der Waals surface area contributed by atoms with Crippen LogP contribution in [-0.2, 0) is 10.0 Å². The van der Waals surface area contributed by atoms with Crippen molar-refractivity contribution >= 4 is 33.9 Å². The third-order valence-corrected chi connectivity index (χ3v) is 4.26. The van der Waals surface area contributed by atoms with Crippen molar-refractivity contribution in [1.82, 2.24) is 0 Å². The molecule has 24 heavy (non-hydrogen) atoms. The first-order valence-corrected chi connectivity index (χ1v) is 8.52. The second kappa shape index (κ2) is 7.06. The van der Waals surface area contributed by atoms with Gasteiger partial charge in [-0.15, -0.1) is 0 Å². The molecular formula is C18H17NO4S. The van der Waals surface area contributed by atoms with Gasteiger partial charge in [0.25, 0.3) is 10.0 Å². The second-order valence-electron chi connectivity index (χ2n) is 4.89.